The quantitative estimate of drug-likeness (QED) is 0.722. The largest absolute Gasteiger partial charge is 0.345 e. The van der Waals surface area contributed by atoms with Crippen molar-refractivity contribution in [3.63, 3.8) is 0 Å². The summed E-state index contributed by atoms with van der Waals surface area (Å²) in [5, 5.41) is 3.08. The molecule has 1 amide bonds. The van der Waals surface area contributed by atoms with Gasteiger partial charge in [-0.05, 0) is 62.4 Å². The second-order valence-corrected chi connectivity index (χ2v) is 10.1. The van der Waals surface area contributed by atoms with Crippen molar-refractivity contribution >= 4 is 15.9 Å². The fraction of sp³-hybridized carbons (Fsp3) is 0.458. The highest BCUT2D eigenvalue weighted by atomic mass is 32.2. The predicted molar refractivity (Wildman–Crippen MR) is 120 cm³/mol. The lowest BCUT2D eigenvalue weighted by Gasteiger charge is -2.21. The Labute approximate surface area is 180 Å². The lowest BCUT2D eigenvalue weighted by atomic mass is 9.97. The van der Waals surface area contributed by atoms with E-state index in [2.05, 4.69) is 17.4 Å². The Morgan fingerprint density at radius 1 is 1.03 bits per heavy atom. The Balaban J connectivity index is 1.81. The molecule has 0 radical (unpaired) electrons. The van der Waals surface area contributed by atoms with Gasteiger partial charge in [0.05, 0.1) is 10.9 Å². The van der Waals surface area contributed by atoms with Crippen LogP contribution in [0.2, 0.25) is 0 Å². The maximum absolute atomic E-state index is 13.1. The van der Waals surface area contributed by atoms with Crippen LogP contribution in [0.5, 0.6) is 0 Å². The molecule has 162 valence electrons. The number of amides is 1. The van der Waals surface area contributed by atoms with E-state index in [1.54, 1.807) is 22.5 Å². The van der Waals surface area contributed by atoms with Crippen molar-refractivity contribution in [2.45, 2.75) is 63.8 Å². The summed E-state index contributed by atoms with van der Waals surface area (Å²) in [4.78, 5) is 13.1. The minimum absolute atomic E-state index is 0.121. The van der Waals surface area contributed by atoms with Crippen LogP contribution in [-0.2, 0) is 10.0 Å². The molecule has 1 heterocycles. The third-order valence-corrected chi connectivity index (χ3v) is 7.71. The van der Waals surface area contributed by atoms with E-state index in [9.17, 15) is 13.2 Å². The van der Waals surface area contributed by atoms with E-state index >= 15 is 0 Å². The lowest BCUT2D eigenvalue weighted by molar-refractivity contribution is 0.0935. The lowest BCUT2D eigenvalue weighted by Crippen LogP contribution is -2.32. The number of benzene rings is 2. The van der Waals surface area contributed by atoms with Gasteiger partial charge >= 0.3 is 0 Å². The summed E-state index contributed by atoms with van der Waals surface area (Å²) in [7, 11) is -3.59. The third kappa shape index (κ3) is 5.10. The molecule has 6 heteroatoms. The highest BCUT2D eigenvalue weighted by Gasteiger charge is 2.26. The standard InChI is InChI=1S/C24H32N2O3S/c1-4-23(22-13-12-18(2)16-19(22)3)25-24(27)20-10-9-11-21(17-20)30(28,29)26-14-7-5-6-8-15-26/h9-13,16-17,23H,4-8,14-15H2,1-3H3,(H,25,27). The number of hydrogen-bond donors (Lipinski definition) is 1. The maximum Gasteiger partial charge on any atom is 0.251 e. The fourth-order valence-electron chi connectivity index (χ4n) is 4.09. The van der Waals surface area contributed by atoms with Gasteiger partial charge in [-0.3, -0.25) is 4.79 Å². The number of nitrogens with zero attached hydrogens (tertiary/aromatic N) is 1. The fourth-order valence-corrected chi connectivity index (χ4v) is 5.65. The van der Waals surface area contributed by atoms with Gasteiger partial charge in [0, 0.05) is 18.7 Å². The van der Waals surface area contributed by atoms with Crippen molar-refractivity contribution < 1.29 is 13.2 Å². The van der Waals surface area contributed by atoms with Crippen molar-refractivity contribution in [1.29, 1.82) is 0 Å². The topological polar surface area (TPSA) is 66.5 Å². The van der Waals surface area contributed by atoms with E-state index in [-0.39, 0.29) is 16.8 Å². The van der Waals surface area contributed by atoms with E-state index in [4.69, 9.17) is 0 Å². The molecule has 0 saturated carbocycles. The molecule has 1 aliphatic rings. The van der Waals surface area contributed by atoms with Crippen molar-refractivity contribution in [3.8, 4) is 0 Å². The molecule has 0 aliphatic carbocycles. The Hall–Kier alpha value is -2.18. The average Bonchev–Trinajstić information content (AvgIpc) is 3.02. The van der Waals surface area contributed by atoms with Gasteiger partial charge in [0.15, 0.2) is 0 Å². The number of carbonyl (C=O) groups is 1. The number of hydrogen-bond acceptors (Lipinski definition) is 3. The van der Waals surface area contributed by atoms with Crippen molar-refractivity contribution in [1.82, 2.24) is 9.62 Å². The first kappa shape index (κ1) is 22.5. The predicted octanol–water partition coefficient (Wildman–Crippen LogP) is 4.75. The normalized spacial score (nSPS) is 16.6. The van der Waals surface area contributed by atoms with Gasteiger partial charge in [-0.15, -0.1) is 0 Å². The van der Waals surface area contributed by atoms with Crippen molar-refractivity contribution in [3.05, 3.63) is 64.7 Å². The molecule has 30 heavy (non-hydrogen) atoms. The minimum atomic E-state index is -3.59. The Morgan fingerprint density at radius 2 is 1.73 bits per heavy atom. The second-order valence-electron chi connectivity index (χ2n) is 8.14. The first-order valence-corrected chi connectivity index (χ1v) is 12.2. The summed E-state index contributed by atoms with van der Waals surface area (Å²) in [5.74, 6) is -0.255. The number of carbonyl (C=O) groups excluding carboxylic acids is 1. The molecule has 1 saturated heterocycles. The summed E-state index contributed by atoms with van der Waals surface area (Å²) in [6, 6.07) is 12.5. The number of sulfonamides is 1. The highest BCUT2D eigenvalue weighted by molar-refractivity contribution is 7.89. The highest BCUT2D eigenvalue weighted by Crippen LogP contribution is 2.24. The van der Waals surface area contributed by atoms with Crippen LogP contribution in [0.15, 0.2) is 47.4 Å². The summed E-state index contributed by atoms with van der Waals surface area (Å²) >= 11 is 0. The first-order valence-electron chi connectivity index (χ1n) is 10.8. The van der Waals surface area contributed by atoms with Crippen LogP contribution in [0.4, 0.5) is 0 Å². The van der Waals surface area contributed by atoms with Gasteiger partial charge in [0.2, 0.25) is 10.0 Å². The van der Waals surface area contributed by atoms with Crippen LogP contribution in [0, 0.1) is 13.8 Å². The molecule has 5 nitrogen and oxygen atoms in total. The average molecular weight is 429 g/mol. The number of rotatable bonds is 6. The van der Waals surface area contributed by atoms with E-state index in [1.807, 2.05) is 26.8 Å². The second kappa shape index (κ2) is 9.75. The maximum atomic E-state index is 13.1. The Kier molecular flexibility index (Phi) is 7.32. The molecule has 1 atom stereocenters. The molecule has 0 spiro atoms. The zero-order valence-electron chi connectivity index (χ0n) is 18.1. The monoisotopic (exact) mass is 428 g/mol. The minimum Gasteiger partial charge on any atom is -0.345 e. The molecule has 2 aromatic carbocycles. The van der Waals surface area contributed by atoms with Gasteiger partial charge in [0.1, 0.15) is 0 Å². The molecule has 1 unspecified atom stereocenters. The molecule has 2 aromatic rings. The van der Waals surface area contributed by atoms with E-state index in [0.29, 0.717) is 18.7 Å². The van der Waals surface area contributed by atoms with Crippen LogP contribution in [0.1, 0.15) is 72.1 Å². The van der Waals surface area contributed by atoms with Gasteiger partial charge in [-0.1, -0.05) is 49.6 Å². The first-order chi connectivity index (χ1) is 14.3. The summed E-state index contributed by atoms with van der Waals surface area (Å²) in [6.07, 6.45) is 4.64. The van der Waals surface area contributed by atoms with Crippen molar-refractivity contribution in [2.24, 2.45) is 0 Å². The molecule has 0 aromatic heterocycles. The molecular weight excluding hydrogens is 396 g/mol. The molecule has 1 N–H and O–H groups in total. The van der Waals surface area contributed by atoms with Crippen LogP contribution in [0.25, 0.3) is 0 Å². The van der Waals surface area contributed by atoms with E-state index in [1.165, 1.54) is 11.6 Å². The summed E-state index contributed by atoms with van der Waals surface area (Å²) in [5.41, 5.74) is 3.78. The molecule has 1 fully saturated rings. The van der Waals surface area contributed by atoms with E-state index < -0.39 is 10.0 Å². The van der Waals surface area contributed by atoms with Gasteiger partial charge in [0.25, 0.3) is 5.91 Å². The van der Waals surface area contributed by atoms with Gasteiger partial charge in [-0.25, -0.2) is 8.42 Å². The smallest absolute Gasteiger partial charge is 0.251 e. The van der Waals surface area contributed by atoms with Gasteiger partial charge in [-0.2, -0.15) is 4.31 Å². The van der Waals surface area contributed by atoms with Crippen LogP contribution >= 0.6 is 0 Å². The number of aryl methyl sites for hydroxylation is 2. The summed E-state index contributed by atoms with van der Waals surface area (Å²) < 4.78 is 27.7. The molecule has 3 rings (SSSR count). The SMILES string of the molecule is CCC(NC(=O)c1cccc(S(=O)(=O)N2CCCCCC2)c1)c1ccc(C)cc1C. The van der Waals surface area contributed by atoms with Crippen LogP contribution in [-0.4, -0.2) is 31.7 Å². The number of nitrogens with one attached hydrogen (secondary N) is 1. The zero-order chi connectivity index (χ0) is 21.7. The van der Waals surface area contributed by atoms with Gasteiger partial charge < -0.3 is 5.32 Å². The third-order valence-electron chi connectivity index (χ3n) is 5.81. The van der Waals surface area contributed by atoms with E-state index in [0.717, 1.165) is 43.2 Å². The molecular formula is C24H32N2O3S. The van der Waals surface area contributed by atoms with Crippen molar-refractivity contribution in [2.75, 3.05) is 13.1 Å². The van der Waals surface area contributed by atoms with Crippen LogP contribution < -0.4 is 5.32 Å². The Morgan fingerprint density at radius 3 is 2.37 bits per heavy atom. The summed E-state index contributed by atoms with van der Waals surface area (Å²) in [6.45, 7) is 7.22. The zero-order valence-corrected chi connectivity index (χ0v) is 19.0. The molecule has 0 bridgehead atoms. The van der Waals surface area contributed by atoms with Crippen LogP contribution in [0.3, 0.4) is 0 Å². The molecule has 1 aliphatic heterocycles. The Bertz CT molecular complexity index is 993.